The lowest BCUT2D eigenvalue weighted by atomic mass is 10.2. The van der Waals surface area contributed by atoms with Gasteiger partial charge in [0, 0.05) is 37.0 Å². The molecule has 0 unspecified atom stereocenters. The van der Waals surface area contributed by atoms with Crippen molar-refractivity contribution in [2.45, 2.75) is 20.1 Å². The van der Waals surface area contributed by atoms with Crippen LogP contribution in [0.5, 0.6) is 11.5 Å². The van der Waals surface area contributed by atoms with Gasteiger partial charge in [0.1, 0.15) is 18.1 Å². The van der Waals surface area contributed by atoms with Crippen LogP contribution in [0.25, 0.3) is 0 Å². The summed E-state index contributed by atoms with van der Waals surface area (Å²) in [6, 6.07) is 5.90. The summed E-state index contributed by atoms with van der Waals surface area (Å²) < 4.78 is 12.9. The number of nitrogens with one attached hydrogen (secondary N) is 1. The molecule has 0 aliphatic rings. The van der Waals surface area contributed by atoms with E-state index in [0.717, 1.165) is 35.7 Å². The average Bonchev–Trinajstić information content (AvgIpc) is 2.89. The zero-order chi connectivity index (χ0) is 14.4. The first-order valence-corrected chi connectivity index (χ1v) is 6.71. The van der Waals surface area contributed by atoms with E-state index >= 15 is 0 Å². The number of aryl methyl sites for hydroxylation is 1. The third-order valence-corrected chi connectivity index (χ3v) is 2.99. The van der Waals surface area contributed by atoms with Crippen molar-refractivity contribution in [3.63, 3.8) is 0 Å². The Morgan fingerprint density at radius 3 is 2.85 bits per heavy atom. The lowest BCUT2D eigenvalue weighted by Gasteiger charge is -2.12. The first-order valence-electron chi connectivity index (χ1n) is 6.71. The van der Waals surface area contributed by atoms with Crippen molar-refractivity contribution in [3.05, 3.63) is 41.7 Å². The van der Waals surface area contributed by atoms with Crippen LogP contribution in [0.15, 0.2) is 30.6 Å². The molecule has 108 valence electrons. The van der Waals surface area contributed by atoms with Crippen LogP contribution in [-0.4, -0.2) is 23.4 Å². The SMILES string of the molecule is CCNCc1ccc(OC)cc1OCc1cnn(C)c1. The van der Waals surface area contributed by atoms with E-state index in [1.807, 2.05) is 37.6 Å². The Bertz CT molecular complexity index is 552. The van der Waals surface area contributed by atoms with Gasteiger partial charge >= 0.3 is 0 Å². The van der Waals surface area contributed by atoms with Crippen LogP contribution in [0.2, 0.25) is 0 Å². The molecule has 0 aliphatic heterocycles. The monoisotopic (exact) mass is 275 g/mol. The van der Waals surface area contributed by atoms with E-state index in [0.29, 0.717) is 6.61 Å². The van der Waals surface area contributed by atoms with Gasteiger partial charge in [-0.2, -0.15) is 5.10 Å². The minimum atomic E-state index is 0.500. The van der Waals surface area contributed by atoms with E-state index in [-0.39, 0.29) is 0 Å². The first-order chi connectivity index (χ1) is 9.72. The minimum Gasteiger partial charge on any atom is -0.497 e. The quantitative estimate of drug-likeness (QED) is 0.841. The summed E-state index contributed by atoms with van der Waals surface area (Å²) in [6.07, 6.45) is 3.76. The van der Waals surface area contributed by atoms with E-state index in [1.165, 1.54) is 0 Å². The molecule has 1 heterocycles. The highest BCUT2D eigenvalue weighted by Crippen LogP contribution is 2.25. The topological polar surface area (TPSA) is 48.3 Å². The van der Waals surface area contributed by atoms with Crippen LogP contribution in [0.4, 0.5) is 0 Å². The van der Waals surface area contributed by atoms with Gasteiger partial charge in [-0.3, -0.25) is 4.68 Å². The summed E-state index contributed by atoms with van der Waals surface area (Å²) in [5.74, 6) is 1.64. The fourth-order valence-electron chi connectivity index (χ4n) is 1.91. The molecular formula is C15H21N3O2. The van der Waals surface area contributed by atoms with Crippen molar-refractivity contribution in [2.75, 3.05) is 13.7 Å². The normalized spacial score (nSPS) is 10.6. The number of methoxy groups -OCH3 is 1. The van der Waals surface area contributed by atoms with Gasteiger partial charge in [0.15, 0.2) is 0 Å². The maximum Gasteiger partial charge on any atom is 0.127 e. The fraction of sp³-hybridized carbons (Fsp3) is 0.400. The Morgan fingerprint density at radius 1 is 1.35 bits per heavy atom. The molecule has 0 saturated carbocycles. The molecule has 5 heteroatoms. The smallest absolute Gasteiger partial charge is 0.127 e. The summed E-state index contributed by atoms with van der Waals surface area (Å²) in [6.45, 7) is 4.29. The van der Waals surface area contributed by atoms with Gasteiger partial charge in [0.05, 0.1) is 13.3 Å². The van der Waals surface area contributed by atoms with Crippen molar-refractivity contribution in [1.29, 1.82) is 0 Å². The molecule has 1 N–H and O–H groups in total. The molecule has 2 rings (SSSR count). The summed E-state index contributed by atoms with van der Waals surface area (Å²) >= 11 is 0. The molecule has 0 atom stereocenters. The second kappa shape index (κ2) is 6.96. The van der Waals surface area contributed by atoms with Crippen LogP contribution in [-0.2, 0) is 20.2 Å². The standard InChI is InChI=1S/C15H21N3O2/c1-4-16-9-13-5-6-14(19-3)7-15(13)20-11-12-8-17-18(2)10-12/h5-8,10,16H,4,9,11H2,1-3H3. The summed E-state index contributed by atoms with van der Waals surface area (Å²) in [5, 5.41) is 7.44. The zero-order valence-electron chi connectivity index (χ0n) is 12.2. The number of ether oxygens (including phenoxy) is 2. The summed E-state index contributed by atoms with van der Waals surface area (Å²) in [5.41, 5.74) is 2.17. The van der Waals surface area contributed by atoms with Gasteiger partial charge in [0.25, 0.3) is 0 Å². The van der Waals surface area contributed by atoms with E-state index in [1.54, 1.807) is 11.8 Å². The molecule has 20 heavy (non-hydrogen) atoms. The lowest BCUT2D eigenvalue weighted by molar-refractivity contribution is 0.299. The predicted molar refractivity (Wildman–Crippen MR) is 77.9 cm³/mol. The molecule has 0 amide bonds. The number of nitrogens with zero attached hydrogens (tertiary/aromatic N) is 2. The molecule has 0 spiro atoms. The second-order valence-corrected chi connectivity index (χ2v) is 4.56. The van der Waals surface area contributed by atoms with Crippen molar-refractivity contribution < 1.29 is 9.47 Å². The Balaban J connectivity index is 2.10. The van der Waals surface area contributed by atoms with E-state index in [4.69, 9.17) is 9.47 Å². The molecule has 0 fully saturated rings. The van der Waals surface area contributed by atoms with Crippen LogP contribution in [0.3, 0.4) is 0 Å². The molecule has 0 bridgehead atoms. The summed E-state index contributed by atoms with van der Waals surface area (Å²) in [7, 11) is 3.55. The highest BCUT2D eigenvalue weighted by atomic mass is 16.5. The Hall–Kier alpha value is -2.01. The van der Waals surface area contributed by atoms with Gasteiger partial charge in [-0.25, -0.2) is 0 Å². The third kappa shape index (κ3) is 3.74. The van der Waals surface area contributed by atoms with Gasteiger partial charge in [-0.05, 0) is 12.6 Å². The van der Waals surface area contributed by atoms with E-state index in [9.17, 15) is 0 Å². The Kier molecular flexibility index (Phi) is 5.01. The molecule has 1 aromatic carbocycles. The molecule has 1 aromatic heterocycles. The average molecular weight is 275 g/mol. The molecule has 0 radical (unpaired) electrons. The number of hydrogen-bond acceptors (Lipinski definition) is 4. The van der Waals surface area contributed by atoms with Crippen LogP contribution >= 0.6 is 0 Å². The molecule has 2 aromatic rings. The number of rotatable bonds is 7. The van der Waals surface area contributed by atoms with Crippen molar-refractivity contribution >= 4 is 0 Å². The van der Waals surface area contributed by atoms with Crippen LogP contribution in [0, 0.1) is 0 Å². The van der Waals surface area contributed by atoms with E-state index < -0.39 is 0 Å². The maximum absolute atomic E-state index is 5.90. The van der Waals surface area contributed by atoms with Crippen molar-refractivity contribution in [1.82, 2.24) is 15.1 Å². The van der Waals surface area contributed by atoms with Gasteiger partial charge < -0.3 is 14.8 Å². The third-order valence-electron chi connectivity index (χ3n) is 2.99. The molecule has 0 saturated heterocycles. The molecule has 5 nitrogen and oxygen atoms in total. The highest BCUT2D eigenvalue weighted by molar-refractivity contribution is 5.40. The Morgan fingerprint density at radius 2 is 2.20 bits per heavy atom. The van der Waals surface area contributed by atoms with Gasteiger partial charge in [-0.15, -0.1) is 0 Å². The number of hydrogen-bond donors (Lipinski definition) is 1. The lowest BCUT2D eigenvalue weighted by Crippen LogP contribution is -2.13. The minimum absolute atomic E-state index is 0.500. The zero-order valence-corrected chi connectivity index (χ0v) is 12.2. The van der Waals surface area contributed by atoms with Crippen molar-refractivity contribution in [2.24, 2.45) is 7.05 Å². The van der Waals surface area contributed by atoms with Crippen molar-refractivity contribution in [3.8, 4) is 11.5 Å². The predicted octanol–water partition coefficient (Wildman–Crippen LogP) is 2.12. The summed E-state index contributed by atoms with van der Waals surface area (Å²) in [4.78, 5) is 0. The van der Waals surface area contributed by atoms with Gasteiger partial charge in [-0.1, -0.05) is 13.0 Å². The number of benzene rings is 1. The van der Waals surface area contributed by atoms with Gasteiger partial charge in [0.2, 0.25) is 0 Å². The second-order valence-electron chi connectivity index (χ2n) is 4.56. The largest absolute Gasteiger partial charge is 0.497 e. The first kappa shape index (κ1) is 14.4. The van der Waals surface area contributed by atoms with Crippen LogP contribution < -0.4 is 14.8 Å². The molecular weight excluding hydrogens is 254 g/mol. The number of aromatic nitrogens is 2. The maximum atomic E-state index is 5.90. The van der Waals surface area contributed by atoms with Crippen LogP contribution in [0.1, 0.15) is 18.1 Å². The fourth-order valence-corrected chi connectivity index (χ4v) is 1.91. The molecule has 0 aliphatic carbocycles. The highest BCUT2D eigenvalue weighted by Gasteiger charge is 2.07. The van der Waals surface area contributed by atoms with E-state index in [2.05, 4.69) is 17.3 Å². The Labute approximate surface area is 119 Å².